The number of carbonyl (C=O) groups excluding carboxylic acids is 3. The third-order valence-electron chi connectivity index (χ3n) is 7.00. The number of hydrogen-bond acceptors (Lipinski definition) is 3. The zero-order valence-corrected chi connectivity index (χ0v) is 20.5. The van der Waals surface area contributed by atoms with Gasteiger partial charge in [0.15, 0.2) is 0 Å². The van der Waals surface area contributed by atoms with Gasteiger partial charge in [0.2, 0.25) is 11.7 Å². The van der Waals surface area contributed by atoms with Crippen LogP contribution in [0.15, 0.2) is 60.7 Å². The fourth-order valence-corrected chi connectivity index (χ4v) is 4.78. The summed E-state index contributed by atoms with van der Waals surface area (Å²) in [7, 11) is 0. The Morgan fingerprint density at radius 3 is 2.03 bits per heavy atom. The minimum atomic E-state index is -0.855. The summed E-state index contributed by atoms with van der Waals surface area (Å²) in [6.45, 7) is 4.89. The fourth-order valence-electron chi connectivity index (χ4n) is 4.78. The molecule has 1 atom stereocenters. The molecule has 0 unspecified atom stereocenters. The number of amides is 2. The van der Waals surface area contributed by atoms with Gasteiger partial charge in [0.05, 0.1) is 0 Å². The van der Waals surface area contributed by atoms with Gasteiger partial charge in [-0.2, -0.15) is 0 Å². The van der Waals surface area contributed by atoms with Crippen molar-refractivity contribution in [3.8, 4) is 0 Å². The standard InChI is InChI=1S/C29H38N2O3/c1-21(2)24-15-17-25(18-16-24)28(33)31-26(20-23-12-7-4-8-13-23)27(32)29(34)30-19-9-14-22-10-5-3-6-11-22/h3-8,10-13,21,24-26H,9,14-20H2,1-2H3,(H,30,34)(H,31,33)/t24?,25?,26-/m0/s1. The van der Waals surface area contributed by atoms with E-state index in [0.717, 1.165) is 44.1 Å². The average molecular weight is 463 g/mol. The molecule has 0 spiro atoms. The first kappa shape index (κ1) is 25.7. The van der Waals surface area contributed by atoms with E-state index in [0.29, 0.717) is 24.8 Å². The first-order valence-corrected chi connectivity index (χ1v) is 12.6. The lowest BCUT2D eigenvalue weighted by Gasteiger charge is -2.31. The highest BCUT2D eigenvalue weighted by atomic mass is 16.2. The zero-order chi connectivity index (χ0) is 24.3. The second kappa shape index (κ2) is 13.1. The number of rotatable bonds is 11. The quantitative estimate of drug-likeness (QED) is 0.382. The van der Waals surface area contributed by atoms with Crippen LogP contribution in [0.5, 0.6) is 0 Å². The van der Waals surface area contributed by atoms with Crippen LogP contribution in [0.1, 0.15) is 57.1 Å². The molecule has 182 valence electrons. The summed E-state index contributed by atoms with van der Waals surface area (Å²) in [5, 5.41) is 5.68. The third kappa shape index (κ3) is 7.82. The predicted molar refractivity (Wildman–Crippen MR) is 135 cm³/mol. The number of aryl methyl sites for hydroxylation is 1. The molecule has 2 amide bonds. The topological polar surface area (TPSA) is 75.3 Å². The Labute approximate surface area is 203 Å². The molecule has 3 rings (SSSR count). The van der Waals surface area contributed by atoms with Gasteiger partial charge >= 0.3 is 0 Å². The van der Waals surface area contributed by atoms with Gasteiger partial charge in [0, 0.05) is 18.9 Å². The maximum atomic E-state index is 13.0. The smallest absolute Gasteiger partial charge is 0.289 e. The highest BCUT2D eigenvalue weighted by molar-refractivity contribution is 6.38. The van der Waals surface area contributed by atoms with E-state index >= 15 is 0 Å². The van der Waals surface area contributed by atoms with Crippen molar-refractivity contribution in [1.29, 1.82) is 0 Å². The van der Waals surface area contributed by atoms with Crippen molar-refractivity contribution >= 4 is 17.6 Å². The van der Waals surface area contributed by atoms with Gasteiger partial charge in [-0.05, 0) is 61.5 Å². The van der Waals surface area contributed by atoms with Crippen molar-refractivity contribution in [2.75, 3.05) is 6.54 Å². The Balaban J connectivity index is 1.56. The molecule has 2 N–H and O–H groups in total. The van der Waals surface area contributed by atoms with Crippen LogP contribution in [0, 0.1) is 17.8 Å². The molecule has 1 aliphatic carbocycles. The Morgan fingerprint density at radius 2 is 1.44 bits per heavy atom. The molecule has 1 saturated carbocycles. The summed E-state index contributed by atoms with van der Waals surface area (Å²) in [6.07, 6.45) is 5.64. The number of benzene rings is 2. The lowest BCUT2D eigenvalue weighted by atomic mass is 9.76. The molecular formula is C29H38N2O3. The number of carbonyl (C=O) groups is 3. The number of Topliss-reactive ketones (excluding diaryl/α,β-unsaturated/α-hetero) is 1. The van der Waals surface area contributed by atoms with E-state index in [-0.39, 0.29) is 11.8 Å². The van der Waals surface area contributed by atoms with Crippen LogP contribution in [0.3, 0.4) is 0 Å². The van der Waals surface area contributed by atoms with Gasteiger partial charge in [-0.15, -0.1) is 0 Å². The summed E-state index contributed by atoms with van der Waals surface area (Å²) in [5.41, 5.74) is 2.12. The van der Waals surface area contributed by atoms with Crippen LogP contribution >= 0.6 is 0 Å². The van der Waals surface area contributed by atoms with Crippen molar-refractivity contribution in [3.05, 3.63) is 71.8 Å². The number of hydrogen-bond donors (Lipinski definition) is 2. The Hall–Kier alpha value is -2.95. The molecule has 5 heteroatoms. The molecule has 1 fully saturated rings. The largest absolute Gasteiger partial charge is 0.349 e. The van der Waals surface area contributed by atoms with E-state index in [4.69, 9.17) is 0 Å². The first-order valence-electron chi connectivity index (χ1n) is 12.6. The van der Waals surface area contributed by atoms with E-state index in [2.05, 4.69) is 24.5 Å². The second-order valence-corrected chi connectivity index (χ2v) is 9.82. The van der Waals surface area contributed by atoms with Gasteiger partial charge in [-0.25, -0.2) is 0 Å². The minimum absolute atomic E-state index is 0.0880. The van der Waals surface area contributed by atoms with Crippen molar-refractivity contribution in [2.24, 2.45) is 17.8 Å². The SMILES string of the molecule is CC(C)C1CCC(C(=O)N[C@@H](Cc2ccccc2)C(=O)C(=O)NCCCc2ccccc2)CC1. The molecule has 34 heavy (non-hydrogen) atoms. The molecule has 5 nitrogen and oxygen atoms in total. The lowest BCUT2D eigenvalue weighted by Crippen LogP contribution is -2.50. The second-order valence-electron chi connectivity index (χ2n) is 9.82. The highest BCUT2D eigenvalue weighted by Crippen LogP contribution is 2.33. The monoisotopic (exact) mass is 462 g/mol. The van der Waals surface area contributed by atoms with Crippen LogP contribution in [-0.2, 0) is 27.2 Å². The number of ketones is 1. The molecule has 0 saturated heterocycles. The van der Waals surface area contributed by atoms with Gasteiger partial charge in [0.25, 0.3) is 5.91 Å². The fraction of sp³-hybridized carbons (Fsp3) is 0.483. The predicted octanol–water partition coefficient (Wildman–Crippen LogP) is 4.49. The molecule has 0 bridgehead atoms. The van der Waals surface area contributed by atoms with Crippen LogP contribution < -0.4 is 10.6 Å². The summed E-state index contributed by atoms with van der Waals surface area (Å²) in [5.74, 6) is -0.108. The van der Waals surface area contributed by atoms with Crippen molar-refractivity contribution in [1.82, 2.24) is 10.6 Å². The first-order chi connectivity index (χ1) is 16.4. The molecular weight excluding hydrogens is 424 g/mol. The summed E-state index contributed by atoms with van der Waals surface area (Å²) >= 11 is 0. The van der Waals surface area contributed by atoms with E-state index in [1.54, 1.807) is 0 Å². The van der Waals surface area contributed by atoms with Crippen LogP contribution in [0.2, 0.25) is 0 Å². The van der Waals surface area contributed by atoms with Crippen LogP contribution in [-0.4, -0.2) is 30.2 Å². The van der Waals surface area contributed by atoms with E-state index in [1.807, 2.05) is 60.7 Å². The molecule has 0 aromatic heterocycles. The maximum absolute atomic E-state index is 13.0. The highest BCUT2D eigenvalue weighted by Gasteiger charge is 2.32. The van der Waals surface area contributed by atoms with Gasteiger partial charge in [0.1, 0.15) is 6.04 Å². The molecule has 0 radical (unpaired) electrons. The van der Waals surface area contributed by atoms with Gasteiger partial charge in [-0.1, -0.05) is 74.5 Å². The van der Waals surface area contributed by atoms with Crippen molar-refractivity contribution in [2.45, 2.75) is 64.8 Å². The van der Waals surface area contributed by atoms with E-state index < -0.39 is 17.7 Å². The number of nitrogens with one attached hydrogen (secondary N) is 2. The van der Waals surface area contributed by atoms with E-state index in [9.17, 15) is 14.4 Å². The minimum Gasteiger partial charge on any atom is -0.349 e. The Kier molecular flexibility index (Phi) is 9.87. The Bertz CT molecular complexity index is 919. The molecule has 2 aromatic rings. The summed E-state index contributed by atoms with van der Waals surface area (Å²) in [4.78, 5) is 38.7. The lowest BCUT2D eigenvalue weighted by molar-refractivity contribution is -0.140. The molecule has 0 heterocycles. The molecule has 2 aromatic carbocycles. The maximum Gasteiger partial charge on any atom is 0.289 e. The average Bonchev–Trinajstić information content (AvgIpc) is 2.87. The van der Waals surface area contributed by atoms with Crippen LogP contribution in [0.4, 0.5) is 0 Å². The summed E-state index contributed by atoms with van der Waals surface area (Å²) < 4.78 is 0. The van der Waals surface area contributed by atoms with Crippen molar-refractivity contribution in [3.63, 3.8) is 0 Å². The Morgan fingerprint density at radius 1 is 0.853 bits per heavy atom. The third-order valence-corrected chi connectivity index (χ3v) is 7.00. The zero-order valence-electron chi connectivity index (χ0n) is 20.5. The molecule has 0 aliphatic heterocycles. The van der Waals surface area contributed by atoms with Crippen LogP contribution in [0.25, 0.3) is 0 Å². The van der Waals surface area contributed by atoms with Gasteiger partial charge in [-0.3, -0.25) is 14.4 Å². The molecule has 1 aliphatic rings. The van der Waals surface area contributed by atoms with E-state index in [1.165, 1.54) is 5.56 Å². The van der Waals surface area contributed by atoms with Gasteiger partial charge < -0.3 is 10.6 Å². The summed E-state index contributed by atoms with van der Waals surface area (Å²) in [6, 6.07) is 18.7. The normalized spacial score (nSPS) is 18.8. The van der Waals surface area contributed by atoms with Crippen molar-refractivity contribution < 1.29 is 14.4 Å².